The van der Waals surface area contributed by atoms with Gasteiger partial charge in [0.15, 0.2) is 0 Å². The molecule has 2 aliphatic rings. The van der Waals surface area contributed by atoms with Gasteiger partial charge in [0.1, 0.15) is 0 Å². The number of nitrogens with zero attached hydrogens (tertiary/aromatic N) is 1. The highest BCUT2D eigenvalue weighted by Crippen LogP contribution is 2.52. The molecule has 1 heterocycles. The van der Waals surface area contributed by atoms with E-state index in [-0.39, 0.29) is 24.3 Å². The molecule has 0 bridgehead atoms. The first-order valence-electron chi connectivity index (χ1n) is 12.5. The predicted molar refractivity (Wildman–Crippen MR) is 141 cm³/mol. The molecule has 1 amide bonds. The first-order valence-corrected chi connectivity index (χ1v) is 12.5. The van der Waals surface area contributed by atoms with Crippen LogP contribution in [-0.4, -0.2) is 29.9 Å². The number of hydrogen-bond acceptors (Lipinski definition) is 4. The van der Waals surface area contributed by atoms with Crippen LogP contribution in [0.5, 0.6) is 0 Å². The second-order valence-corrected chi connectivity index (χ2v) is 10.1. The molecule has 184 valence electrons. The number of ether oxygens (including phenoxy) is 1. The molecule has 2 unspecified atom stereocenters. The summed E-state index contributed by atoms with van der Waals surface area (Å²) in [6.07, 6.45) is 2.21. The Bertz CT molecular complexity index is 1180. The van der Waals surface area contributed by atoms with Crippen LogP contribution in [0.4, 0.5) is 5.69 Å². The number of carbonyl (C=O) groups is 2. The van der Waals surface area contributed by atoms with Crippen molar-refractivity contribution in [2.24, 2.45) is 11.3 Å². The molecule has 1 aliphatic heterocycles. The zero-order chi connectivity index (χ0) is 25.0. The number of rotatable bonds is 9. The number of amides is 1. The predicted octanol–water partition coefficient (Wildman–Crippen LogP) is 5.38. The van der Waals surface area contributed by atoms with Crippen LogP contribution in [0.1, 0.15) is 29.5 Å². The van der Waals surface area contributed by atoms with E-state index in [0.29, 0.717) is 32.5 Å². The summed E-state index contributed by atoms with van der Waals surface area (Å²) in [4.78, 5) is 27.7. The van der Waals surface area contributed by atoms with Gasteiger partial charge in [-0.25, -0.2) is 0 Å². The summed E-state index contributed by atoms with van der Waals surface area (Å²) >= 11 is 0. The van der Waals surface area contributed by atoms with Gasteiger partial charge in [-0.15, -0.1) is 0 Å². The van der Waals surface area contributed by atoms with Crippen molar-refractivity contribution in [2.75, 3.05) is 18.5 Å². The van der Waals surface area contributed by atoms with Crippen LogP contribution in [0.15, 0.2) is 97.1 Å². The number of fused-ring (bicyclic) bond motifs is 1. The Labute approximate surface area is 212 Å². The van der Waals surface area contributed by atoms with Crippen LogP contribution in [0.2, 0.25) is 0 Å². The average Bonchev–Trinajstić information content (AvgIpc) is 3.34. The van der Waals surface area contributed by atoms with Gasteiger partial charge in [0.05, 0.1) is 18.6 Å². The molecule has 3 aromatic carbocycles. The Morgan fingerprint density at radius 2 is 1.53 bits per heavy atom. The monoisotopic (exact) mass is 480 g/mol. The lowest BCUT2D eigenvalue weighted by molar-refractivity contribution is -0.146. The van der Waals surface area contributed by atoms with Crippen molar-refractivity contribution in [1.82, 2.24) is 4.90 Å². The number of benzene rings is 3. The number of esters is 1. The molecule has 2 fully saturated rings. The molecule has 36 heavy (non-hydrogen) atoms. The fourth-order valence-electron chi connectivity index (χ4n) is 5.59. The highest BCUT2D eigenvalue weighted by Gasteiger charge is 2.55. The molecule has 1 N–H and O–H groups in total. The Balaban J connectivity index is 1.22. The fourth-order valence-corrected chi connectivity index (χ4v) is 5.59. The molecule has 1 aliphatic carbocycles. The van der Waals surface area contributed by atoms with Crippen LogP contribution in [-0.2, 0) is 33.8 Å². The van der Waals surface area contributed by atoms with E-state index < -0.39 is 5.41 Å². The minimum atomic E-state index is -0.475. The van der Waals surface area contributed by atoms with Gasteiger partial charge in [-0.3, -0.25) is 14.5 Å². The minimum Gasteiger partial charge on any atom is -0.465 e. The molecule has 5 rings (SSSR count). The zero-order valence-corrected chi connectivity index (χ0v) is 20.5. The van der Waals surface area contributed by atoms with Crippen molar-refractivity contribution < 1.29 is 14.3 Å². The third-order valence-corrected chi connectivity index (χ3v) is 7.33. The quantitative estimate of drug-likeness (QED) is 0.330. The van der Waals surface area contributed by atoms with E-state index in [1.807, 2.05) is 60.7 Å². The standard InChI is InChI=1S/C31H32N2O3/c1-23-16-27-22-36-30(35)31(27,17-23)18-24-12-14-28(15-13-24)32-29(34)21-33(19-25-8-4-2-5-9-25)20-26-10-6-3-7-11-26/h2-15,27H,1,16-22H2,(H,32,34). The first kappa shape index (κ1) is 24.0. The number of nitrogens with one attached hydrogen (secondary N) is 1. The van der Waals surface area contributed by atoms with Gasteiger partial charge in [-0.05, 0) is 48.1 Å². The van der Waals surface area contributed by atoms with Crippen molar-refractivity contribution >= 4 is 17.6 Å². The number of hydrogen-bond donors (Lipinski definition) is 1. The third kappa shape index (κ3) is 5.42. The van der Waals surface area contributed by atoms with E-state index in [0.717, 1.165) is 23.2 Å². The second-order valence-electron chi connectivity index (χ2n) is 10.1. The van der Waals surface area contributed by atoms with Gasteiger partial charge in [0, 0.05) is 24.7 Å². The van der Waals surface area contributed by atoms with E-state index >= 15 is 0 Å². The van der Waals surface area contributed by atoms with Crippen molar-refractivity contribution in [3.05, 3.63) is 114 Å². The lowest BCUT2D eigenvalue weighted by Gasteiger charge is -2.24. The number of allylic oxidation sites excluding steroid dienone is 1. The van der Waals surface area contributed by atoms with Gasteiger partial charge in [-0.1, -0.05) is 84.9 Å². The fraction of sp³-hybridized carbons (Fsp3) is 0.290. The summed E-state index contributed by atoms with van der Waals surface area (Å²) in [7, 11) is 0. The molecule has 5 heteroatoms. The van der Waals surface area contributed by atoms with E-state index in [1.165, 1.54) is 11.1 Å². The van der Waals surface area contributed by atoms with Crippen LogP contribution >= 0.6 is 0 Å². The Kier molecular flexibility index (Phi) is 7.01. The van der Waals surface area contributed by atoms with E-state index in [9.17, 15) is 9.59 Å². The summed E-state index contributed by atoms with van der Waals surface area (Å²) in [5, 5.41) is 3.04. The van der Waals surface area contributed by atoms with Crippen molar-refractivity contribution in [3.63, 3.8) is 0 Å². The van der Waals surface area contributed by atoms with Gasteiger partial charge in [0.25, 0.3) is 0 Å². The van der Waals surface area contributed by atoms with Gasteiger partial charge < -0.3 is 10.1 Å². The van der Waals surface area contributed by atoms with Crippen LogP contribution < -0.4 is 5.32 Å². The molecular formula is C31H32N2O3. The van der Waals surface area contributed by atoms with Gasteiger partial charge in [-0.2, -0.15) is 0 Å². The third-order valence-electron chi connectivity index (χ3n) is 7.33. The SMILES string of the molecule is C=C1CC2COC(=O)C2(Cc2ccc(NC(=O)CN(Cc3ccccc3)Cc3ccccc3)cc2)C1. The maximum atomic E-state index is 13.0. The van der Waals surface area contributed by atoms with E-state index in [2.05, 4.69) is 41.1 Å². The Hall–Kier alpha value is -3.70. The smallest absolute Gasteiger partial charge is 0.313 e. The number of anilines is 1. The lowest BCUT2D eigenvalue weighted by Crippen LogP contribution is -2.32. The maximum absolute atomic E-state index is 13.0. The van der Waals surface area contributed by atoms with Gasteiger partial charge in [0.2, 0.25) is 5.91 Å². The molecule has 1 saturated heterocycles. The van der Waals surface area contributed by atoms with Crippen molar-refractivity contribution in [2.45, 2.75) is 32.4 Å². The second kappa shape index (κ2) is 10.5. The summed E-state index contributed by atoms with van der Waals surface area (Å²) in [6, 6.07) is 28.2. The summed E-state index contributed by atoms with van der Waals surface area (Å²) in [5.41, 5.74) is 4.82. The molecule has 0 radical (unpaired) electrons. The Morgan fingerprint density at radius 1 is 0.917 bits per heavy atom. The van der Waals surface area contributed by atoms with Crippen LogP contribution in [0.3, 0.4) is 0 Å². The topological polar surface area (TPSA) is 58.6 Å². The van der Waals surface area contributed by atoms with E-state index in [4.69, 9.17) is 4.74 Å². The molecular weight excluding hydrogens is 448 g/mol. The highest BCUT2D eigenvalue weighted by molar-refractivity contribution is 5.92. The molecule has 3 aromatic rings. The average molecular weight is 481 g/mol. The van der Waals surface area contributed by atoms with Crippen molar-refractivity contribution in [3.8, 4) is 0 Å². The molecule has 0 aromatic heterocycles. The lowest BCUT2D eigenvalue weighted by atomic mass is 9.75. The summed E-state index contributed by atoms with van der Waals surface area (Å²) in [6.45, 7) is 6.27. The maximum Gasteiger partial charge on any atom is 0.313 e. The molecule has 5 nitrogen and oxygen atoms in total. The summed E-state index contributed by atoms with van der Waals surface area (Å²) < 4.78 is 5.40. The van der Waals surface area contributed by atoms with Crippen molar-refractivity contribution in [1.29, 1.82) is 0 Å². The largest absolute Gasteiger partial charge is 0.465 e. The normalized spacial score (nSPS) is 20.9. The molecule has 1 saturated carbocycles. The van der Waals surface area contributed by atoms with Gasteiger partial charge >= 0.3 is 5.97 Å². The molecule has 2 atom stereocenters. The minimum absolute atomic E-state index is 0.0558. The first-order chi connectivity index (χ1) is 17.5. The zero-order valence-electron chi connectivity index (χ0n) is 20.5. The summed E-state index contributed by atoms with van der Waals surface area (Å²) in [5.74, 6) is 0.0669. The van der Waals surface area contributed by atoms with Crippen LogP contribution in [0.25, 0.3) is 0 Å². The highest BCUT2D eigenvalue weighted by atomic mass is 16.5. The Morgan fingerprint density at radius 3 is 2.14 bits per heavy atom. The number of cyclic esters (lactones) is 1. The molecule has 0 spiro atoms. The number of carbonyl (C=O) groups excluding carboxylic acids is 2. The van der Waals surface area contributed by atoms with Crippen LogP contribution in [0, 0.1) is 11.3 Å². The van der Waals surface area contributed by atoms with E-state index in [1.54, 1.807) is 0 Å².